The van der Waals surface area contributed by atoms with Gasteiger partial charge in [0.05, 0.1) is 74.9 Å². The quantitative estimate of drug-likeness (QED) is 0.0872. The molecule has 8 aliphatic rings. The van der Waals surface area contributed by atoms with Crippen molar-refractivity contribution in [3.8, 4) is 0 Å². The van der Waals surface area contributed by atoms with Crippen LogP contribution in [0.3, 0.4) is 0 Å². The average Bonchev–Trinajstić information content (AvgIpc) is 0.883. The molecule has 15 heterocycles. The molecule has 0 amide bonds. The third kappa shape index (κ3) is 19.1. The molecule has 4 atom stereocenters. The van der Waals surface area contributed by atoms with E-state index in [1.54, 1.807) is 19.0 Å². The van der Waals surface area contributed by atoms with Gasteiger partial charge in [0, 0.05) is 219 Å². The summed E-state index contributed by atoms with van der Waals surface area (Å²) < 4.78 is 26.3. The number of aromatic nitrogens is 13. The summed E-state index contributed by atoms with van der Waals surface area (Å²) in [6, 6.07) is 41.2. The molecule has 8 aliphatic heterocycles. The summed E-state index contributed by atoms with van der Waals surface area (Å²) in [5, 5.41) is 4.81. The minimum atomic E-state index is 0.319. The lowest BCUT2D eigenvalue weighted by molar-refractivity contribution is 0.122. The standard InChI is InChI=1S/C24H28N4O.C22H26ClN5O.C22H28N6O.C22H26N6O/c1-18-4-2-5-19(14-18)20-6-3-9-28(16-20)24-22-8-7-21(15-23(22)25-17-26-24)27-10-12-29-13-11-27;23-22-24-20-14-18(27-10-12-29-13-11-27)5-6-19(20)21(25-22)28-9-3-4-17(16-28)15-26-7-1-2-8-26;1-26-8-6-23-21(26)13-17-3-2-7-28(15-17)22-19-5-4-18(14-20(19)24-16-25-22)27-9-11-29-12-10-27;1-3-17(13-21-23-6-2-7-24-21)15-28(8-1)22-19-5-4-18(14-20(19)25-16-26-22)27-9-11-29-12-10-27/h2,4-5,7-8,14-15,17,20H,3,6,9-13,16H2,1H3;1-2,5-8,14,17H,3-4,9-13,15-16H2;4-6,8,14,16-17H,2-3,7,9-13,15H2,1H3;2,4-7,14,16-17H,1,3,8-13,15H2. The molecule has 8 fully saturated rings. The highest BCUT2D eigenvalue weighted by Crippen LogP contribution is 2.38. The Hall–Kier alpha value is -10.4. The van der Waals surface area contributed by atoms with Gasteiger partial charge >= 0.3 is 0 Å². The highest BCUT2D eigenvalue weighted by atomic mass is 35.5. The number of hydrogen-bond donors (Lipinski definition) is 0. The van der Waals surface area contributed by atoms with E-state index in [1.165, 1.54) is 84.6 Å². The molecule has 5 aromatic carbocycles. The largest absolute Gasteiger partial charge is 0.378 e. The van der Waals surface area contributed by atoms with Crippen molar-refractivity contribution in [3.05, 3.63) is 199 Å². The lowest BCUT2D eigenvalue weighted by Crippen LogP contribution is -2.37. The van der Waals surface area contributed by atoms with E-state index in [0.29, 0.717) is 29.0 Å². The monoisotopic (exact) mass is 1580 g/mol. The zero-order chi connectivity index (χ0) is 78.4. The molecule has 0 bridgehead atoms. The number of ether oxygens (including phenoxy) is 4. The number of hydrogen-bond acceptors (Lipinski definition) is 23. The first-order valence-electron chi connectivity index (χ1n) is 42.1. The Morgan fingerprint density at radius 2 is 0.802 bits per heavy atom. The predicted octanol–water partition coefficient (Wildman–Crippen LogP) is 13.4. The van der Waals surface area contributed by atoms with Crippen molar-refractivity contribution in [2.24, 2.45) is 24.8 Å². The molecular weight excluding hydrogens is 1470 g/mol. The number of piperidine rings is 4. The van der Waals surface area contributed by atoms with Gasteiger partial charge in [-0.3, -0.25) is 0 Å². The lowest BCUT2D eigenvalue weighted by atomic mass is 9.89. The van der Waals surface area contributed by atoms with Crippen LogP contribution in [-0.2, 0) is 45.4 Å². The van der Waals surface area contributed by atoms with Crippen LogP contribution in [0.2, 0.25) is 5.28 Å². The van der Waals surface area contributed by atoms with Crippen LogP contribution in [0.5, 0.6) is 0 Å². The van der Waals surface area contributed by atoms with Gasteiger partial charge in [0.25, 0.3) is 0 Å². The van der Waals surface area contributed by atoms with Gasteiger partial charge in [-0.05, 0) is 184 Å². The number of anilines is 8. The van der Waals surface area contributed by atoms with Gasteiger partial charge in [-0.2, -0.15) is 4.98 Å². The number of rotatable bonds is 15. The van der Waals surface area contributed by atoms with E-state index in [1.807, 2.05) is 30.9 Å². The average molecular weight is 1580 g/mol. The van der Waals surface area contributed by atoms with Gasteiger partial charge in [-0.15, -0.1) is 0 Å². The minimum Gasteiger partial charge on any atom is -0.378 e. The Morgan fingerprint density at radius 1 is 0.371 bits per heavy atom. The first-order valence-corrected chi connectivity index (χ1v) is 42.5. The highest BCUT2D eigenvalue weighted by Gasteiger charge is 2.30. The van der Waals surface area contributed by atoms with E-state index in [2.05, 4.69) is 234 Å². The molecule has 116 heavy (non-hydrogen) atoms. The normalized spacial score (nSPS) is 20.3. The molecule has 26 heteroatoms. The molecular formula is C90H108ClN21O4. The molecule has 7 aromatic heterocycles. The number of benzene rings is 5. The lowest BCUT2D eigenvalue weighted by Gasteiger charge is -2.34. The fraction of sp³-hybridized carbons (Fsp3) is 0.456. The van der Waals surface area contributed by atoms with Gasteiger partial charge in [-0.1, -0.05) is 29.8 Å². The maximum absolute atomic E-state index is 6.35. The molecule has 0 aliphatic carbocycles. The van der Waals surface area contributed by atoms with Gasteiger partial charge in [-0.25, -0.2) is 49.8 Å². The number of aryl methyl sites for hydroxylation is 2. The van der Waals surface area contributed by atoms with Crippen LogP contribution in [0.25, 0.3) is 43.6 Å². The van der Waals surface area contributed by atoms with Crippen molar-refractivity contribution in [1.82, 2.24) is 64.0 Å². The summed E-state index contributed by atoms with van der Waals surface area (Å²) >= 11 is 6.35. The van der Waals surface area contributed by atoms with Crippen molar-refractivity contribution < 1.29 is 18.9 Å². The van der Waals surface area contributed by atoms with Crippen molar-refractivity contribution in [1.29, 1.82) is 0 Å². The van der Waals surface area contributed by atoms with Gasteiger partial charge in [0.15, 0.2) is 0 Å². The molecule has 4 unspecified atom stereocenters. The zero-order valence-electron chi connectivity index (χ0n) is 67.1. The van der Waals surface area contributed by atoms with Crippen LogP contribution < -0.4 is 39.2 Å². The third-order valence-electron chi connectivity index (χ3n) is 24.2. The van der Waals surface area contributed by atoms with Crippen LogP contribution in [0.15, 0.2) is 171 Å². The van der Waals surface area contributed by atoms with Crippen molar-refractivity contribution in [2.75, 3.05) is 197 Å². The van der Waals surface area contributed by atoms with Crippen LogP contribution in [0.1, 0.15) is 80.1 Å². The van der Waals surface area contributed by atoms with Crippen LogP contribution in [0.4, 0.5) is 46.0 Å². The van der Waals surface area contributed by atoms with E-state index in [9.17, 15) is 0 Å². The molecule has 25 nitrogen and oxygen atoms in total. The second-order valence-corrected chi connectivity index (χ2v) is 32.4. The van der Waals surface area contributed by atoms with Crippen molar-refractivity contribution in [2.45, 2.75) is 83.6 Å². The molecule has 0 N–H and O–H groups in total. The second-order valence-electron chi connectivity index (χ2n) is 32.1. The topological polar surface area (TPSA) is 214 Å². The number of fused-ring (bicyclic) bond motifs is 4. The maximum Gasteiger partial charge on any atom is 0.224 e. The molecule has 604 valence electrons. The SMILES string of the molecule is Cc1cccc(C2CCCN(c3ncnc4cc(N5CCOCC5)ccc34)C2)c1.Clc1nc(N2CCCC(Cn3cccc3)C2)c2ccc(N3CCOCC3)cc2n1.Cn1ccnc1CC1CCCN(c2ncnc3cc(N4CCOCC4)ccc23)C1.c1cnc(CC2CCCN(c3ncnc4cc(N5CCOCC5)ccc34)C2)nc1. The summed E-state index contributed by atoms with van der Waals surface area (Å²) in [7, 11) is 2.08. The van der Waals surface area contributed by atoms with E-state index in [-0.39, 0.29) is 0 Å². The number of imidazole rings is 1. The number of morpholine rings is 4. The van der Waals surface area contributed by atoms with Gasteiger partial charge in [0.2, 0.25) is 5.28 Å². The fourth-order valence-electron chi connectivity index (χ4n) is 18.2. The highest BCUT2D eigenvalue weighted by molar-refractivity contribution is 6.29. The Balaban J connectivity index is 0.000000111. The third-order valence-corrected chi connectivity index (χ3v) is 24.4. The van der Waals surface area contributed by atoms with Crippen LogP contribution >= 0.6 is 11.6 Å². The van der Waals surface area contributed by atoms with Crippen LogP contribution in [-0.4, -0.2) is 222 Å². The number of halogens is 1. The maximum atomic E-state index is 6.35. The Kier molecular flexibility index (Phi) is 25.4. The van der Waals surface area contributed by atoms with Gasteiger partial charge in [0.1, 0.15) is 53.9 Å². The van der Waals surface area contributed by atoms with Gasteiger partial charge < -0.3 is 67.3 Å². The van der Waals surface area contributed by atoms with Crippen LogP contribution in [0, 0.1) is 24.7 Å². The molecule has 0 spiro atoms. The molecule has 8 saturated heterocycles. The first-order chi connectivity index (χ1) is 57.2. The second kappa shape index (κ2) is 37.7. The molecule has 0 saturated carbocycles. The summed E-state index contributed by atoms with van der Waals surface area (Å²) in [6.07, 6.45) is 28.6. The molecule has 0 radical (unpaired) electrons. The Bertz CT molecular complexity index is 5190. The van der Waals surface area contributed by atoms with Crippen molar-refractivity contribution in [3.63, 3.8) is 0 Å². The minimum absolute atomic E-state index is 0.319. The first kappa shape index (κ1) is 78.1. The summed E-state index contributed by atoms with van der Waals surface area (Å²) in [4.78, 5) is 69.4. The van der Waals surface area contributed by atoms with E-state index in [4.69, 9.17) is 35.5 Å². The summed E-state index contributed by atoms with van der Waals surface area (Å²) in [5.41, 5.74) is 11.6. The van der Waals surface area contributed by atoms with E-state index in [0.717, 1.165) is 256 Å². The zero-order valence-corrected chi connectivity index (χ0v) is 67.9. The fourth-order valence-corrected chi connectivity index (χ4v) is 18.4. The Morgan fingerprint density at radius 3 is 1.28 bits per heavy atom. The molecule has 12 aromatic rings. The summed E-state index contributed by atoms with van der Waals surface area (Å²) in [5.74, 6) is 8.55. The predicted molar refractivity (Wildman–Crippen MR) is 463 cm³/mol. The van der Waals surface area contributed by atoms with E-state index < -0.39 is 0 Å². The Labute approximate surface area is 685 Å². The molecule has 20 rings (SSSR count). The number of nitrogens with zero attached hydrogens (tertiary/aromatic N) is 21. The summed E-state index contributed by atoms with van der Waals surface area (Å²) in [6.45, 7) is 25.1. The smallest absolute Gasteiger partial charge is 0.224 e. The van der Waals surface area contributed by atoms with Crippen molar-refractivity contribution >= 4 is 101 Å². The van der Waals surface area contributed by atoms with E-state index >= 15 is 0 Å².